The molecule has 0 radical (unpaired) electrons. The minimum atomic E-state index is -0.177. The van der Waals surface area contributed by atoms with Gasteiger partial charge in [-0.3, -0.25) is 9.59 Å². The number of hydrogen-bond donors (Lipinski definition) is 1. The first-order chi connectivity index (χ1) is 13.2. The number of anilines is 3. The Morgan fingerprint density at radius 2 is 1.96 bits per heavy atom. The van der Waals surface area contributed by atoms with E-state index in [1.807, 2.05) is 23.1 Å². The largest absolute Gasteiger partial charge is 0.482 e. The summed E-state index contributed by atoms with van der Waals surface area (Å²) in [6.45, 7) is 1.73. The van der Waals surface area contributed by atoms with E-state index < -0.39 is 0 Å². The topological polar surface area (TPSA) is 61.9 Å². The Hall–Kier alpha value is -3.02. The number of nitrogens with zero attached hydrogens (tertiary/aromatic N) is 2. The maximum atomic E-state index is 13.4. The lowest BCUT2D eigenvalue weighted by molar-refractivity contribution is -0.118. The quantitative estimate of drug-likeness (QED) is 0.846. The van der Waals surface area contributed by atoms with E-state index in [9.17, 15) is 9.59 Å². The summed E-state index contributed by atoms with van der Waals surface area (Å²) in [6.07, 6.45) is 3.52. The minimum absolute atomic E-state index is 0.0196. The summed E-state index contributed by atoms with van der Waals surface area (Å²) < 4.78 is 5.48. The van der Waals surface area contributed by atoms with Crippen LogP contribution in [0.3, 0.4) is 0 Å². The first kappa shape index (κ1) is 16.2. The molecule has 3 heterocycles. The molecule has 0 spiro atoms. The van der Waals surface area contributed by atoms with Crippen LogP contribution in [0.2, 0.25) is 0 Å². The maximum absolute atomic E-state index is 13.4. The summed E-state index contributed by atoms with van der Waals surface area (Å²) in [5, 5.41) is 2.76. The molecule has 2 amide bonds. The maximum Gasteiger partial charge on any atom is 0.262 e. The third-order valence-corrected chi connectivity index (χ3v) is 5.61. The molecule has 1 saturated heterocycles. The second-order valence-electron chi connectivity index (χ2n) is 7.30. The van der Waals surface area contributed by atoms with Crippen LogP contribution in [0.4, 0.5) is 17.1 Å². The monoisotopic (exact) mass is 363 g/mol. The van der Waals surface area contributed by atoms with E-state index in [1.54, 1.807) is 18.2 Å². The predicted octanol–water partition coefficient (Wildman–Crippen LogP) is 3.04. The third kappa shape index (κ3) is 2.72. The number of amides is 2. The number of rotatable bonds is 1. The summed E-state index contributed by atoms with van der Waals surface area (Å²) in [5.74, 6) is 0.338. The predicted molar refractivity (Wildman–Crippen MR) is 104 cm³/mol. The molecule has 0 saturated carbocycles. The number of piperidine rings is 1. The third-order valence-electron chi connectivity index (χ3n) is 5.61. The van der Waals surface area contributed by atoms with Crippen molar-refractivity contribution in [2.75, 3.05) is 34.8 Å². The van der Waals surface area contributed by atoms with Gasteiger partial charge in [0.1, 0.15) is 5.75 Å². The van der Waals surface area contributed by atoms with Crippen LogP contribution >= 0.6 is 0 Å². The first-order valence-electron chi connectivity index (χ1n) is 9.45. The molecular weight excluding hydrogens is 342 g/mol. The van der Waals surface area contributed by atoms with Gasteiger partial charge in [0.25, 0.3) is 11.8 Å². The van der Waals surface area contributed by atoms with Gasteiger partial charge < -0.3 is 19.9 Å². The molecule has 1 N–H and O–H groups in total. The zero-order valence-electron chi connectivity index (χ0n) is 15.0. The number of carbonyl (C=O) groups excluding carboxylic acids is 2. The number of benzene rings is 2. The molecule has 2 aromatic carbocycles. The fourth-order valence-electron chi connectivity index (χ4n) is 4.31. The molecule has 27 heavy (non-hydrogen) atoms. The molecule has 138 valence electrons. The molecule has 0 bridgehead atoms. The molecule has 5 rings (SSSR count). The Labute approximate surface area is 157 Å². The molecule has 2 aromatic rings. The molecule has 0 aliphatic carbocycles. The van der Waals surface area contributed by atoms with Crippen LogP contribution in [0.1, 0.15) is 29.6 Å². The molecule has 3 aliphatic heterocycles. The summed E-state index contributed by atoms with van der Waals surface area (Å²) in [7, 11) is 0. The molecule has 1 atom stereocenters. The molecule has 1 fully saturated rings. The number of para-hydroxylation sites is 2. The zero-order valence-corrected chi connectivity index (χ0v) is 15.0. The van der Waals surface area contributed by atoms with Crippen LogP contribution < -0.4 is 19.9 Å². The van der Waals surface area contributed by atoms with Gasteiger partial charge in [-0.1, -0.05) is 12.1 Å². The van der Waals surface area contributed by atoms with Crippen molar-refractivity contribution in [2.45, 2.75) is 25.3 Å². The second-order valence-corrected chi connectivity index (χ2v) is 7.30. The summed E-state index contributed by atoms with van der Waals surface area (Å²) in [4.78, 5) is 29.1. The van der Waals surface area contributed by atoms with Crippen molar-refractivity contribution in [3.05, 3.63) is 48.0 Å². The fourth-order valence-corrected chi connectivity index (χ4v) is 4.31. The Bertz CT molecular complexity index is 927. The number of carbonyl (C=O) groups is 2. The molecule has 6 heteroatoms. The SMILES string of the molecule is O=C1COc2cc(C(=O)N3CC4CCCCN4c4ccccc43)ccc2N1. The number of hydrogen-bond acceptors (Lipinski definition) is 4. The van der Waals surface area contributed by atoms with Gasteiger partial charge in [-0.25, -0.2) is 0 Å². The van der Waals surface area contributed by atoms with Crippen LogP contribution in [-0.4, -0.2) is 37.6 Å². The van der Waals surface area contributed by atoms with Crippen LogP contribution in [0, 0.1) is 0 Å². The van der Waals surface area contributed by atoms with Gasteiger partial charge in [-0.2, -0.15) is 0 Å². The smallest absolute Gasteiger partial charge is 0.262 e. The second kappa shape index (κ2) is 6.30. The van der Waals surface area contributed by atoms with E-state index in [2.05, 4.69) is 16.3 Å². The first-order valence-corrected chi connectivity index (χ1v) is 9.45. The fraction of sp³-hybridized carbons (Fsp3) is 0.333. The normalized spacial score (nSPS) is 20.7. The van der Waals surface area contributed by atoms with E-state index >= 15 is 0 Å². The molecule has 3 aliphatic rings. The lowest BCUT2D eigenvalue weighted by Crippen LogP contribution is -2.52. The minimum Gasteiger partial charge on any atom is -0.482 e. The Morgan fingerprint density at radius 1 is 1.11 bits per heavy atom. The summed E-state index contributed by atoms with van der Waals surface area (Å²) >= 11 is 0. The van der Waals surface area contributed by atoms with Crippen LogP contribution in [0.15, 0.2) is 42.5 Å². The van der Waals surface area contributed by atoms with Crippen molar-refractivity contribution >= 4 is 28.9 Å². The van der Waals surface area contributed by atoms with Crippen molar-refractivity contribution < 1.29 is 14.3 Å². The van der Waals surface area contributed by atoms with E-state index in [1.165, 1.54) is 12.8 Å². The lowest BCUT2D eigenvalue weighted by Gasteiger charge is -2.46. The highest BCUT2D eigenvalue weighted by molar-refractivity contribution is 6.09. The molecular formula is C21H21N3O3. The summed E-state index contributed by atoms with van der Waals surface area (Å²) in [5.41, 5.74) is 3.29. The standard InChI is InChI=1S/C21H21N3O3/c25-20-13-27-19-11-14(8-9-16(19)22-20)21(26)24-12-15-5-3-4-10-23(15)17-6-1-2-7-18(17)24/h1-2,6-9,11,15H,3-5,10,12-13H2,(H,22,25). The molecule has 6 nitrogen and oxygen atoms in total. The van der Waals surface area contributed by atoms with Gasteiger partial charge in [0.2, 0.25) is 0 Å². The average Bonchev–Trinajstić information content (AvgIpc) is 2.72. The number of fused-ring (bicyclic) bond motifs is 4. The van der Waals surface area contributed by atoms with E-state index in [0.717, 1.165) is 24.3 Å². The number of nitrogens with one attached hydrogen (secondary N) is 1. The van der Waals surface area contributed by atoms with E-state index in [4.69, 9.17) is 4.74 Å². The molecule has 1 unspecified atom stereocenters. The van der Waals surface area contributed by atoms with Crippen molar-refractivity contribution in [3.63, 3.8) is 0 Å². The summed E-state index contributed by atoms with van der Waals surface area (Å²) in [6, 6.07) is 13.7. The van der Waals surface area contributed by atoms with Crippen LogP contribution in [-0.2, 0) is 4.79 Å². The van der Waals surface area contributed by atoms with Crippen molar-refractivity contribution in [2.24, 2.45) is 0 Å². The van der Waals surface area contributed by atoms with Gasteiger partial charge in [0.15, 0.2) is 6.61 Å². The zero-order chi connectivity index (χ0) is 18.4. The van der Waals surface area contributed by atoms with Crippen molar-refractivity contribution in [3.8, 4) is 5.75 Å². The van der Waals surface area contributed by atoms with Crippen LogP contribution in [0.5, 0.6) is 5.75 Å². The van der Waals surface area contributed by atoms with Gasteiger partial charge in [-0.15, -0.1) is 0 Å². The van der Waals surface area contributed by atoms with Crippen LogP contribution in [0.25, 0.3) is 0 Å². The van der Waals surface area contributed by atoms with Gasteiger partial charge >= 0.3 is 0 Å². The number of ether oxygens (including phenoxy) is 1. The van der Waals surface area contributed by atoms with Crippen molar-refractivity contribution in [1.29, 1.82) is 0 Å². The molecule has 0 aromatic heterocycles. The van der Waals surface area contributed by atoms with Gasteiger partial charge in [-0.05, 0) is 49.6 Å². The van der Waals surface area contributed by atoms with Gasteiger partial charge in [0.05, 0.1) is 17.1 Å². The Morgan fingerprint density at radius 3 is 2.85 bits per heavy atom. The highest BCUT2D eigenvalue weighted by Gasteiger charge is 2.35. The van der Waals surface area contributed by atoms with Crippen molar-refractivity contribution in [1.82, 2.24) is 0 Å². The lowest BCUT2D eigenvalue weighted by atomic mass is 9.96. The highest BCUT2D eigenvalue weighted by atomic mass is 16.5. The van der Waals surface area contributed by atoms with E-state index in [-0.39, 0.29) is 18.4 Å². The van der Waals surface area contributed by atoms with Gasteiger partial charge in [0, 0.05) is 24.7 Å². The van der Waals surface area contributed by atoms with E-state index in [0.29, 0.717) is 29.6 Å². The highest BCUT2D eigenvalue weighted by Crippen LogP contribution is 2.39. The Kier molecular flexibility index (Phi) is 3.77. The Balaban J connectivity index is 1.50. The average molecular weight is 363 g/mol.